The lowest BCUT2D eigenvalue weighted by molar-refractivity contribution is -0.385. The topological polar surface area (TPSA) is 89.8 Å². The van der Waals surface area contributed by atoms with Crippen LogP contribution in [0.25, 0.3) is 0 Å². The van der Waals surface area contributed by atoms with Crippen LogP contribution in [0.2, 0.25) is 0 Å². The van der Waals surface area contributed by atoms with E-state index >= 15 is 0 Å². The number of hydrogen-bond donors (Lipinski definition) is 0. The number of nitro benzene ring substituents is 1. The van der Waals surface area contributed by atoms with Gasteiger partial charge in [-0.15, -0.1) is 0 Å². The van der Waals surface area contributed by atoms with Crippen molar-refractivity contribution in [2.45, 2.75) is 4.90 Å². The first-order chi connectivity index (χ1) is 11.3. The van der Waals surface area contributed by atoms with Crippen molar-refractivity contribution in [2.24, 2.45) is 0 Å². The number of ether oxygens (including phenoxy) is 1. The van der Waals surface area contributed by atoms with E-state index in [2.05, 4.69) is 0 Å². The normalized spacial score (nSPS) is 11.5. The zero-order valence-electron chi connectivity index (χ0n) is 12.8. The molecule has 9 heteroatoms. The molecule has 0 radical (unpaired) electrons. The number of non-ortho nitro benzene ring substituents is 1. The van der Waals surface area contributed by atoms with E-state index in [1.165, 1.54) is 49.5 Å². The van der Waals surface area contributed by atoms with Gasteiger partial charge in [-0.2, -0.15) is 4.31 Å². The Bertz CT molecular complexity index is 824. The van der Waals surface area contributed by atoms with Gasteiger partial charge in [0.25, 0.3) is 5.69 Å². The lowest BCUT2D eigenvalue weighted by Crippen LogP contribution is -2.31. The van der Waals surface area contributed by atoms with E-state index in [0.29, 0.717) is 5.75 Å². The summed E-state index contributed by atoms with van der Waals surface area (Å²) >= 11 is 0. The number of benzene rings is 2. The van der Waals surface area contributed by atoms with Crippen LogP contribution in [0.4, 0.5) is 10.1 Å². The maximum absolute atomic E-state index is 12.8. The number of sulfonamides is 1. The molecule has 128 valence electrons. The fraction of sp³-hybridized carbons (Fsp3) is 0.200. The van der Waals surface area contributed by atoms with Crippen LogP contribution in [0.15, 0.2) is 53.4 Å². The second kappa shape index (κ2) is 7.37. The summed E-state index contributed by atoms with van der Waals surface area (Å²) in [5.74, 6) is 0.0188. The Hall–Kier alpha value is -2.52. The van der Waals surface area contributed by atoms with E-state index in [9.17, 15) is 22.9 Å². The molecule has 2 aromatic rings. The summed E-state index contributed by atoms with van der Waals surface area (Å²) < 4.78 is 43.9. The van der Waals surface area contributed by atoms with Gasteiger partial charge in [0.05, 0.1) is 9.82 Å². The molecule has 0 N–H and O–H groups in total. The van der Waals surface area contributed by atoms with Crippen LogP contribution in [0.1, 0.15) is 0 Å². The smallest absolute Gasteiger partial charge is 0.270 e. The van der Waals surface area contributed by atoms with Gasteiger partial charge < -0.3 is 4.74 Å². The molecular weight excluding hydrogens is 339 g/mol. The zero-order chi connectivity index (χ0) is 17.7. The minimum atomic E-state index is -3.87. The summed E-state index contributed by atoms with van der Waals surface area (Å²) in [6, 6.07) is 10.2. The maximum Gasteiger partial charge on any atom is 0.270 e. The number of likely N-dealkylation sites (N-methyl/N-ethyl adjacent to an activating group) is 1. The van der Waals surface area contributed by atoms with Gasteiger partial charge in [0.1, 0.15) is 18.2 Å². The Balaban J connectivity index is 2.02. The second-order valence-corrected chi connectivity index (χ2v) is 6.93. The van der Waals surface area contributed by atoms with Crippen molar-refractivity contribution in [2.75, 3.05) is 20.2 Å². The summed E-state index contributed by atoms with van der Waals surface area (Å²) in [5.41, 5.74) is -0.299. The molecule has 0 saturated carbocycles. The van der Waals surface area contributed by atoms with Gasteiger partial charge >= 0.3 is 0 Å². The predicted octanol–water partition coefficient (Wildman–Crippen LogP) is 2.43. The van der Waals surface area contributed by atoms with Gasteiger partial charge in [-0.25, -0.2) is 12.8 Å². The van der Waals surface area contributed by atoms with Crippen LogP contribution in [0.3, 0.4) is 0 Å². The lowest BCUT2D eigenvalue weighted by atomic mass is 10.3. The van der Waals surface area contributed by atoms with Gasteiger partial charge in [-0.05, 0) is 30.3 Å². The first-order valence-electron chi connectivity index (χ1n) is 6.90. The first-order valence-corrected chi connectivity index (χ1v) is 8.34. The van der Waals surface area contributed by atoms with Crippen molar-refractivity contribution >= 4 is 15.7 Å². The highest BCUT2D eigenvalue weighted by Gasteiger charge is 2.22. The van der Waals surface area contributed by atoms with Gasteiger partial charge in [0, 0.05) is 25.7 Å². The second-order valence-electron chi connectivity index (χ2n) is 4.88. The molecule has 0 aliphatic carbocycles. The summed E-state index contributed by atoms with van der Waals surface area (Å²) in [4.78, 5) is 9.93. The molecule has 0 aromatic heterocycles. The quantitative estimate of drug-likeness (QED) is 0.563. The predicted molar refractivity (Wildman–Crippen MR) is 84.8 cm³/mol. The lowest BCUT2D eigenvalue weighted by Gasteiger charge is -2.17. The number of nitro groups is 1. The van der Waals surface area contributed by atoms with Crippen LogP contribution in [0, 0.1) is 15.9 Å². The van der Waals surface area contributed by atoms with Crippen LogP contribution in [-0.2, 0) is 10.0 Å². The highest BCUT2D eigenvalue weighted by atomic mass is 32.2. The molecule has 0 aliphatic heterocycles. The van der Waals surface area contributed by atoms with Gasteiger partial charge in [0.15, 0.2) is 0 Å². The molecule has 0 spiro atoms. The molecule has 2 rings (SSSR count). The maximum atomic E-state index is 12.8. The summed E-state index contributed by atoms with van der Waals surface area (Å²) in [5, 5.41) is 10.8. The van der Waals surface area contributed by atoms with E-state index in [-0.39, 0.29) is 23.7 Å². The van der Waals surface area contributed by atoms with Crippen molar-refractivity contribution in [3.8, 4) is 5.75 Å². The Labute approximate surface area is 138 Å². The minimum absolute atomic E-state index is 0.0302. The molecule has 0 aliphatic rings. The molecule has 0 saturated heterocycles. The highest BCUT2D eigenvalue weighted by Crippen LogP contribution is 2.20. The monoisotopic (exact) mass is 354 g/mol. The number of nitrogens with zero attached hydrogens (tertiary/aromatic N) is 2. The molecule has 0 bridgehead atoms. The van der Waals surface area contributed by atoms with Crippen molar-refractivity contribution < 1.29 is 22.5 Å². The third-order valence-electron chi connectivity index (χ3n) is 3.23. The van der Waals surface area contributed by atoms with Crippen molar-refractivity contribution in [1.82, 2.24) is 4.31 Å². The minimum Gasteiger partial charge on any atom is -0.492 e. The standard InChI is InChI=1S/C15H15FN2O5S/c1-17(9-10-23-14-7-5-12(16)6-8-14)24(21,22)15-4-2-3-13(11-15)18(19)20/h2-8,11H,9-10H2,1H3. The largest absolute Gasteiger partial charge is 0.492 e. The average molecular weight is 354 g/mol. The van der Waals surface area contributed by atoms with Gasteiger partial charge in [-0.3, -0.25) is 10.1 Å². The summed E-state index contributed by atoms with van der Waals surface area (Å²) in [7, 11) is -2.52. The fourth-order valence-corrected chi connectivity index (χ4v) is 3.08. The summed E-state index contributed by atoms with van der Waals surface area (Å²) in [6.45, 7) is 0.0820. The van der Waals surface area contributed by atoms with E-state index in [1.807, 2.05) is 0 Å². The third kappa shape index (κ3) is 4.27. The Morgan fingerprint density at radius 2 is 1.88 bits per heavy atom. The van der Waals surface area contributed by atoms with Crippen LogP contribution < -0.4 is 4.74 Å². The average Bonchev–Trinajstić information content (AvgIpc) is 2.56. The van der Waals surface area contributed by atoms with E-state index in [4.69, 9.17) is 4.74 Å². The molecule has 24 heavy (non-hydrogen) atoms. The van der Waals surface area contributed by atoms with Crippen LogP contribution in [0.5, 0.6) is 5.75 Å². The zero-order valence-corrected chi connectivity index (χ0v) is 13.6. The van der Waals surface area contributed by atoms with Crippen LogP contribution in [-0.4, -0.2) is 37.8 Å². The summed E-state index contributed by atoms with van der Waals surface area (Å²) in [6.07, 6.45) is 0. The third-order valence-corrected chi connectivity index (χ3v) is 5.08. The van der Waals surface area contributed by atoms with E-state index in [0.717, 1.165) is 10.4 Å². The van der Waals surface area contributed by atoms with Crippen molar-refractivity contribution in [1.29, 1.82) is 0 Å². The first kappa shape index (κ1) is 17.8. The molecular formula is C15H15FN2O5S. The van der Waals surface area contributed by atoms with Crippen molar-refractivity contribution in [3.63, 3.8) is 0 Å². The Morgan fingerprint density at radius 1 is 1.21 bits per heavy atom. The van der Waals surface area contributed by atoms with Gasteiger partial charge in [0.2, 0.25) is 10.0 Å². The fourth-order valence-electron chi connectivity index (χ4n) is 1.88. The molecule has 2 aromatic carbocycles. The molecule has 0 heterocycles. The SMILES string of the molecule is CN(CCOc1ccc(F)cc1)S(=O)(=O)c1cccc([N+](=O)[O-])c1. The number of halogens is 1. The van der Waals surface area contributed by atoms with E-state index in [1.54, 1.807) is 0 Å². The Kier molecular flexibility index (Phi) is 5.47. The molecule has 0 amide bonds. The Morgan fingerprint density at radius 3 is 2.50 bits per heavy atom. The molecule has 0 unspecified atom stereocenters. The van der Waals surface area contributed by atoms with Gasteiger partial charge in [-0.1, -0.05) is 6.07 Å². The highest BCUT2D eigenvalue weighted by molar-refractivity contribution is 7.89. The molecule has 0 fully saturated rings. The molecule has 7 nitrogen and oxygen atoms in total. The number of hydrogen-bond acceptors (Lipinski definition) is 5. The van der Waals surface area contributed by atoms with Crippen LogP contribution >= 0.6 is 0 Å². The number of rotatable bonds is 7. The molecule has 0 atom stereocenters. The van der Waals surface area contributed by atoms with Crippen molar-refractivity contribution in [3.05, 3.63) is 64.5 Å². The van der Waals surface area contributed by atoms with E-state index < -0.39 is 20.8 Å².